The van der Waals surface area contributed by atoms with Crippen molar-refractivity contribution in [1.82, 2.24) is 24.2 Å². The summed E-state index contributed by atoms with van der Waals surface area (Å²) >= 11 is 0. The Balaban J connectivity index is 1.42. The van der Waals surface area contributed by atoms with Gasteiger partial charge in [-0.3, -0.25) is 23.7 Å². The average Bonchev–Trinajstić information content (AvgIpc) is 3.46. The second kappa shape index (κ2) is 7.67. The maximum Gasteiger partial charge on any atom is 0.296 e. The molecule has 166 valence electrons. The quantitative estimate of drug-likeness (QED) is 0.594. The van der Waals surface area contributed by atoms with Gasteiger partial charge >= 0.3 is 0 Å². The molecular weight excluding hydrogens is 413 g/mol. The molecule has 1 saturated carbocycles. The topological polar surface area (TPSA) is 93.3 Å². The van der Waals surface area contributed by atoms with Gasteiger partial charge in [0.2, 0.25) is 5.75 Å². The summed E-state index contributed by atoms with van der Waals surface area (Å²) in [5, 5.41) is 14.9. The number of hydrogen-bond acceptors (Lipinski definition) is 6. The number of carbonyl (C=O) groups is 1. The molecule has 1 aliphatic heterocycles. The lowest BCUT2D eigenvalue weighted by Gasteiger charge is -2.37. The molecule has 5 rings (SSSR count). The highest BCUT2D eigenvalue weighted by Gasteiger charge is 2.55. The Morgan fingerprint density at radius 3 is 2.59 bits per heavy atom. The number of fused-ring (bicyclic) bond motifs is 2. The van der Waals surface area contributed by atoms with E-state index < -0.39 is 22.6 Å². The van der Waals surface area contributed by atoms with Crippen LogP contribution in [0.25, 0.3) is 0 Å². The molecule has 0 unspecified atom stereocenters. The first-order valence-corrected chi connectivity index (χ1v) is 10.7. The van der Waals surface area contributed by atoms with Crippen molar-refractivity contribution in [3.63, 3.8) is 0 Å². The van der Waals surface area contributed by atoms with Crippen molar-refractivity contribution in [3.8, 4) is 5.75 Å². The highest BCUT2D eigenvalue weighted by atomic mass is 19.1. The Kier molecular flexibility index (Phi) is 4.93. The van der Waals surface area contributed by atoms with Crippen LogP contribution in [0.5, 0.6) is 5.75 Å². The third kappa shape index (κ3) is 3.52. The molecule has 32 heavy (non-hydrogen) atoms. The summed E-state index contributed by atoms with van der Waals surface area (Å²) in [5.41, 5.74) is 0.588. The van der Waals surface area contributed by atoms with Gasteiger partial charge in [-0.15, -0.1) is 0 Å². The molecule has 8 nitrogen and oxygen atoms in total. The van der Waals surface area contributed by atoms with Crippen LogP contribution in [0.3, 0.4) is 0 Å². The highest BCUT2D eigenvalue weighted by Crippen LogP contribution is 2.52. The third-order valence-electron chi connectivity index (χ3n) is 6.42. The zero-order valence-corrected chi connectivity index (χ0v) is 17.8. The van der Waals surface area contributed by atoms with E-state index >= 15 is 0 Å². The lowest BCUT2D eigenvalue weighted by molar-refractivity contribution is 0.0961. The van der Waals surface area contributed by atoms with E-state index in [4.69, 9.17) is 0 Å². The molecule has 0 amide bonds. The second-order valence-corrected chi connectivity index (χ2v) is 8.57. The number of hydrogen-bond donors (Lipinski definition) is 1. The summed E-state index contributed by atoms with van der Waals surface area (Å²) in [6.45, 7) is 1.67. The van der Waals surface area contributed by atoms with Crippen molar-refractivity contribution in [2.24, 2.45) is 7.05 Å². The van der Waals surface area contributed by atoms with Gasteiger partial charge < -0.3 is 5.11 Å². The predicted molar refractivity (Wildman–Crippen MR) is 114 cm³/mol. The first-order chi connectivity index (χ1) is 15.4. The normalized spacial score (nSPS) is 16.8. The van der Waals surface area contributed by atoms with Crippen molar-refractivity contribution >= 4 is 5.78 Å². The molecule has 1 aromatic carbocycles. The zero-order chi connectivity index (χ0) is 22.5. The number of halogens is 1. The van der Waals surface area contributed by atoms with E-state index in [1.807, 2.05) is 19.3 Å². The molecule has 1 N–H and O–H groups in total. The minimum atomic E-state index is -0.591. The van der Waals surface area contributed by atoms with Crippen LogP contribution in [0.4, 0.5) is 4.39 Å². The van der Waals surface area contributed by atoms with Crippen LogP contribution >= 0.6 is 0 Å². The maximum atomic E-state index is 13.1. The van der Waals surface area contributed by atoms with E-state index in [0.717, 1.165) is 24.1 Å². The lowest BCUT2D eigenvalue weighted by atomic mass is 10.0. The summed E-state index contributed by atoms with van der Waals surface area (Å²) in [6.07, 6.45) is 4.00. The second-order valence-electron chi connectivity index (χ2n) is 8.57. The fourth-order valence-electron chi connectivity index (χ4n) is 4.54. The van der Waals surface area contributed by atoms with E-state index in [0.29, 0.717) is 31.9 Å². The van der Waals surface area contributed by atoms with Gasteiger partial charge in [0, 0.05) is 39.3 Å². The molecule has 9 heteroatoms. The minimum absolute atomic E-state index is 0.0692. The number of benzene rings is 1. The lowest BCUT2D eigenvalue weighted by Crippen LogP contribution is -2.48. The third-order valence-corrected chi connectivity index (χ3v) is 6.42. The summed E-state index contributed by atoms with van der Waals surface area (Å²) in [5.74, 6) is -0.781. The van der Waals surface area contributed by atoms with Crippen molar-refractivity contribution in [3.05, 3.63) is 75.5 Å². The number of carbonyl (C=O) groups excluding carboxylic acids is 1. The zero-order valence-electron chi connectivity index (χ0n) is 17.8. The van der Waals surface area contributed by atoms with Crippen LogP contribution in [0.1, 0.15) is 46.8 Å². The molecule has 3 aromatic rings. The summed E-state index contributed by atoms with van der Waals surface area (Å²) in [7, 11) is 1.87. The Morgan fingerprint density at radius 1 is 1.19 bits per heavy atom. The van der Waals surface area contributed by atoms with Gasteiger partial charge in [0.15, 0.2) is 11.5 Å². The summed E-state index contributed by atoms with van der Waals surface area (Å²) in [4.78, 5) is 32.6. The summed E-state index contributed by atoms with van der Waals surface area (Å²) < 4.78 is 16.4. The average molecular weight is 437 g/mol. The number of rotatable bonds is 6. The predicted octanol–water partition coefficient (Wildman–Crippen LogP) is 2.14. The Hall–Kier alpha value is -3.33. The molecule has 1 spiro atoms. The van der Waals surface area contributed by atoms with Crippen LogP contribution in [0.2, 0.25) is 0 Å². The van der Waals surface area contributed by atoms with Crippen molar-refractivity contribution in [2.45, 2.75) is 44.3 Å². The molecular formula is C23H24FN5O3. The number of aryl methyl sites for hydroxylation is 2. The molecule has 0 saturated heterocycles. The first kappa shape index (κ1) is 20.6. The summed E-state index contributed by atoms with van der Waals surface area (Å²) in [6, 6.07) is 7.88. The van der Waals surface area contributed by atoms with E-state index in [-0.39, 0.29) is 17.9 Å². The Bertz CT molecular complexity index is 1240. The Labute approximate surface area is 183 Å². The van der Waals surface area contributed by atoms with Crippen molar-refractivity contribution in [1.29, 1.82) is 0 Å². The maximum absolute atomic E-state index is 13.1. The molecule has 2 aromatic heterocycles. The number of Topliss-reactive ketones (excluding diaryl/α,β-unsaturated/α-hetero) is 1. The van der Waals surface area contributed by atoms with Crippen LogP contribution < -0.4 is 5.56 Å². The molecule has 1 fully saturated rings. The molecule has 0 radical (unpaired) electrons. The molecule has 2 aliphatic rings. The van der Waals surface area contributed by atoms with Gasteiger partial charge in [0.1, 0.15) is 11.6 Å². The Morgan fingerprint density at radius 2 is 1.94 bits per heavy atom. The van der Waals surface area contributed by atoms with Gasteiger partial charge in [0.05, 0.1) is 11.2 Å². The van der Waals surface area contributed by atoms with Crippen LogP contribution in [0, 0.1) is 5.82 Å². The van der Waals surface area contributed by atoms with Gasteiger partial charge in [-0.1, -0.05) is 12.1 Å². The van der Waals surface area contributed by atoms with Crippen molar-refractivity contribution < 1.29 is 14.3 Å². The van der Waals surface area contributed by atoms with Gasteiger partial charge in [-0.25, -0.2) is 9.37 Å². The molecule has 0 bridgehead atoms. The van der Waals surface area contributed by atoms with Crippen LogP contribution in [0.15, 0.2) is 41.3 Å². The number of nitrogens with zero attached hydrogens (tertiary/aromatic N) is 5. The van der Waals surface area contributed by atoms with E-state index in [1.54, 1.807) is 16.8 Å². The van der Waals surface area contributed by atoms with E-state index in [9.17, 15) is 19.1 Å². The fourth-order valence-corrected chi connectivity index (χ4v) is 4.54. The van der Waals surface area contributed by atoms with Gasteiger partial charge in [-0.2, -0.15) is 5.10 Å². The monoisotopic (exact) mass is 437 g/mol. The SMILES string of the molecule is Cn1ccc(CN2CCn3c(nc(C(=O)CCc4ccc(F)cc4)c(O)c3=O)C23CC3)n1. The number of aromatic nitrogens is 4. The molecule has 3 heterocycles. The van der Waals surface area contributed by atoms with Crippen molar-refractivity contribution in [2.75, 3.05) is 6.54 Å². The van der Waals surface area contributed by atoms with E-state index in [1.165, 1.54) is 16.7 Å². The number of aromatic hydroxyl groups is 1. The van der Waals surface area contributed by atoms with Gasteiger partial charge in [0.25, 0.3) is 5.56 Å². The van der Waals surface area contributed by atoms with Crippen LogP contribution in [-0.4, -0.2) is 41.7 Å². The van der Waals surface area contributed by atoms with Gasteiger partial charge in [-0.05, 0) is 43.0 Å². The minimum Gasteiger partial charge on any atom is -0.501 e. The first-order valence-electron chi connectivity index (χ1n) is 10.7. The standard InChI is InChI=1S/C23H24FN5O3/c1-27-11-8-17(26-27)14-28-12-13-29-21(32)20(31)19(25-22(29)23(28)9-10-23)18(30)7-4-15-2-5-16(24)6-3-15/h2-3,5-6,8,11,31H,4,7,9-10,12-14H2,1H3. The van der Waals surface area contributed by atoms with Crippen LogP contribution in [-0.2, 0) is 32.1 Å². The molecule has 1 aliphatic carbocycles. The number of ketones is 1. The highest BCUT2D eigenvalue weighted by molar-refractivity contribution is 5.96. The largest absolute Gasteiger partial charge is 0.501 e. The van der Waals surface area contributed by atoms with E-state index in [2.05, 4.69) is 15.0 Å². The smallest absolute Gasteiger partial charge is 0.296 e. The molecule has 0 atom stereocenters. The fraction of sp³-hybridized carbons (Fsp3) is 0.391.